The molecule has 0 aromatic heterocycles. The Kier molecular flexibility index (Phi) is 6.13. The highest BCUT2D eigenvalue weighted by Gasteiger charge is 2.21. The van der Waals surface area contributed by atoms with Crippen molar-refractivity contribution in [3.05, 3.63) is 60.2 Å². The lowest BCUT2D eigenvalue weighted by molar-refractivity contribution is -0.136. The van der Waals surface area contributed by atoms with E-state index in [2.05, 4.69) is 33.9 Å². The molecule has 2 aromatic carbocycles. The molecular formula is C20H24N2O4S. The van der Waals surface area contributed by atoms with Crippen LogP contribution in [0.5, 0.6) is 0 Å². The number of carboxylic acid groups (broad SMARTS) is 1. The summed E-state index contributed by atoms with van der Waals surface area (Å²) >= 11 is 0. The van der Waals surface area contributed by atoms with Crippen molar-refractivity contribution in [1.29, 1.82) is 0 Å². The molecule has 1 heterocycles. The molecule has 0 spiro atoms. The van der Waals surface area contributed by atoms with E-state index in [-0.39, 0.29) is 17.9 Å². The Morgan fingerprint density at radius 1 is 1.04 bits per heavy atom. The molecule has 0 radical (unpaired) electrons. The lowest BCUT2D eigenvalue weighted by Gasteiger charge is -2.34. The van der Waals surface area contributed by atoms with Crippen molar-refractivity contribution >= 4 is 21.7 Å². The average molecular weight is 388 g/mol. The van der Waals surface area contributed by atoms with Crippen molar-refractivity contribution in [2.24, 2.45) is 0 Å². The first-order chi connectivity index (χ1) is 13.0. The Bertz CT molecular complexity index is 859. The molecule has 7 heteroatoms. The molecule has 1 aliphatic rings. The molecule has 0 saturated carbocycles. The predicted molar refractivity (Wildman–Crippen MR) is 105 cm³/mol. The van der Waals surface area contributed by atoms with Gasteiger partial charge in [-0.15, -0.1) is 0 Å². The number of hydrogen-bond acceptors (Lipinski definition) is 4. The number of sulfonamides is 1. The van der Waals surface area contributed by atoms with E-state index in [4.69, 9.17) is 5.11 Å². The van der Waals surface area contributed by atoms with E-state index in [0.717, 1.165) is 31.6 Å². The number of carboxylic acids is 1. The van der Waals surface area contributed by atoms with Crippen LogP contribution in [0.25, 0.3) is 0 Å². The van der Waals surface area contributed by atoms with Crippen LogP contribution >= 0.6 is 0 Å². The van der Waals surface area contributed by atoms with Crippen molar-refractivity contribution in [2.75, 3.05) is 24.5 Å². The van der Waals surface area contributed by atoms with E-state index < -0.39 is 16.0 Å². The fraction of sp³-hybridized carbons (Fsp3) is 0.350. The molecule has 27 heavy (non-hydrogen) atoms. The van der Waals surface area contributed by atoms with Gasteiger partial charge in [-0.2, -0.15) is 0 Å². The van der Waals surface area contributed by atoms with Crippen molar-refractivity contribution in [1.82, 2.24) is 4.72 Å². The highest BCUT2D eigenvalue weighted by Crippen LogP contribution is 2.30. The molecule has 0 aliphatic carbocycles. The van der Waals surface area contributed by atoms with Crippen LogP contribution in [0.1, 0.15) is 30.7 Å². The van der Waals surface area contributed by atoms with Gasteiger partial charge in [0, 0.05) is 25.3 Å². The zero-order valence-electron chi connectivity index (χ0n) is 15.0. The lowest BCUT2D eigenvalue weighted by Crippen LogP contribution is -2.33. The summed E-state index contributed by atoms with van der Waals surface area (Å²) < 4.78 is 26.7. The van der Waals surface area contributed by atoms with Gasteiger partial charge in [0.1, 0.15) is 0 Å². The van der Waals surface area contributed by atoms with E-state index in [9.17, 15) is 13.2 Å². The Hall–Kier alpha value is -2.38. The molecule has 2 aromatic rings. The Labute approximate surface area is 159 Å². The van der Waals surface area contributed by atoms with E-state index in [1.807, 2.05) is 18.2 Å². The third-order valence-corrected chi connectivity index (χ3v) is 6.39. The van der Waals surface area contributed by atoms with Gasteiger partial charge in [0.05, 0.1) is 11.3 Å². The SMILES string of the molecule is O=C(O)CCNS(=O)(=O)c1ccc(N2CCC(c3ccccc3)CC2)cc1. The molecule has 2 N–H and O–H groups in total. The summed E-state index contributed by atoms with van der Waals surface area (Å²) in [5.74, 6) is -0.465. The molecule has 1 fully saturated rings. The largest absolute Gasteiger partial charge is 0.481 e. The highest BCUT2D eigenvalue weighted by atomic mass is 32.2. The summed E-state index contributed by atoms with van der Waals surface area (Å²) in [6.45, 7) is 1.75. The van der Waals surface area contributed by atoms with Gasteiger partial charge in [0.15, 0.2) is 0 Å². The number of anilines is 1. The molecule has 3 rings (SSSR count). The minimum atomic E-state index is -3.68. The maximum atomic E-state index is 12.2. The van der Waals surface area contributed by atoms with Crippen molar-refractivity contribution in [3.8, 4) is 0 Å². The fourth-order valence-electron chi connectivity index (χ4n) is 3.41. The molecule has 0 bridgehead atoms. The van der Waals surface area contributed by atoms with E-state index in [0.29, 0.717) is 5.92 Å². The zero-order valence-corrected chi connectivity index (χ0v) is 15.9. The third kappa shape index (κ3) is 5.08. The Balaban J connectivity index is 1.59. The summed E-state index contributed by atoms with van der Waals surface area (Å²) in [6.07, 6.45) is 1.90. The molecule has 1 saturated heterocycles. The van der Waals surface area contributed by atoms with Gasteiger partial charge in [-0.25, -0.2) is 13.1 Å². The molecule has 0 amide bonds. The Morgan fingerprint density at radius 3 is 2.26 bits per heavy atom. The van der Waals surface area contributed by atoms with Crippen LogP contribution in [0.4, 0.5) is 5.69 Å². The summed E-state index contributed by atoms with van der Waals surface area (Å²) in [6, 6.07) is 17.3. The van der Waals surface area contributed by atoms with Crippen LogP contribution < -0.4 is 9.62 Å². The van der Waals surface area contributed by atoms with Crippen molar-refractivity contribution in [2.45, 2.75) is 30.1 Å². The van der Waals surface area contributed by atoms with E-state index in [1.165, 1.54) is 5.56 Å². The summed E-state index contributed by atoms with van der Waals surface area (Å²) in [5, 5.41) is 8.61. The van der Waals surface area contributed by atoms with Crippen LogP contribution in [0, 0.1) is 0 Å². The van der Waals surface area contributed by atoms with Crippen molar-refractivity contribution < 1.29 is 18.3 Å². The number of piperidine rings is 1. The fourth-order valence-corrected chi connectivity index (χ4v) is 4.44. The summed E-state index contributed by atoms with van der Waals surface area (Å²) in [7, 11) is -3.68. The van der Waals surface area contributed by atoms with Crippen LogP contribution in [-0.2, 0) is 14.8 Å². The molecule has 6 nitrogen and oxygen atoms in total. The topological polar surface area (TPSA) is 86.7 Å². The normalized spacial score (nSPS) is 15.6. The summed E-state index contributed by atoms with van der Waals surface area (Å²) in [4.78, 5) is 12.9. The highest BCUT2D eigenvalue weighted by molar-refractivity contribution is 7.89. The van der Waals surface area contributed by atoms with E-state index in [1.54, 1.807) is 12.1 Å². The molecule has 0 atom stereocenters. The van der Waals surface area contributed by atoms with Gasteiger partial charge < -0.3 is 10.0 Å². The zero-order chi connectivity index (χ0) is 19.3. The first-order valence-corrected chi connectivity index (χ1v) is 10.6. The quantitative estimate of drug-likeness (QED) is 0.762. The monoisotopic (exact) mass is 388 g/mol. The van der Waals surface area contributed by atoms with Gasteiger partial charge in [-0.05, 0) is 48.6 Å². The van der Waals surface area contributed by atoms with Gasteiger partial charge in [0.25, 0.3) is 0 Å². The number of hydrogen-bond donors (Lipinski definition) is 2. The maximum absolute atomic E-state index is 12.2. The second-order valence-electron chi connectivity index (χ2n) is 6.71. The first kappa shape index (κ1) is 19.4. The number of rotatable bonds is 7. The van der Waals surface area contributed by atoms with Crippen LogP contribution in [0.2, 0.25) is 0 Å². The number of aliphatic carboxylic acids is 1. The van der Waals surface area contributed by atoms with Crippen LogP contribution in [0.3, 0.4) is 0 Å². The third-order valence-electron chi connectivity index (χ3n) is 4.91. The van der Waals surface area contributed by atoms with Crippen molar-refractivity contribution in [3.63, 3.8) is 0 Å². The smallest absolute Gasteiger partial charge is 0.304 e. The van der Waals surface area contributed by atoms with Gasteiger partial charge in [0.2, 0.25) is 10.0 Å². The second-order valence-corrected chi connectivity index (χ2v) is 8.47. The van der Waals surface area contributed by atoms with E-state index >= 15 is 0 Å². The molecule has 0 unspecified atom stereocenters. The minimum absolute atomic E-state index is 0.119. The Morgan fingerprint density at radius 2 is 1.67 bits per heavy atom. The number of nitrogens with one attached hydrogen (secondary N) is 1. The lowest BCUT2D eigenvalue weighted by atomic mass is 9.89. The predicted octanol–water partition coefficient (Wildman–Crippen LogP) is 2.82. The summed E-state index contributed by atoms with van der Waals surface area (Å²) in [5.41, 5.74) is 2.39. The minimum Gasteiger partial charge on any atom is -0.481 e. The molecular weight excluding hydrogens is 364 g/mol. The first-order valence-electron chi connectivity index (χ1n) is 9.07. The molecule has 144 valence electrons. The molecule has 1 aliphatic heterocycles. The van der Waals surface area contributed by atoms with Gasteiger partial charge in [-0.3, -0.25) is 4.79 Å². The average Bonchev–Trinajstić information content (AvgIpc) is 2.68. The number of benzene rings is 2. The van der Waals surface area contributed by atoms with Gasteiger partial charge in [-0.1, -0.05) is 30.3 Å². The van der Waals surface area contributed by atoms with Crippen LogP contribution in [0.15, 0.2) is 59.5 Å². The number of nitrogens with zero attached hydrogens (tertiary/aromatic N) is 1. The van der Waals surface area contributed by atoms with Crippen LogP contribution in [-0.4, -0.2) is 39.1 Å². The number of carbonyl (C=O) groups is 1. The van der Waals surface area contributed by atoms with Gasteiger partial charge >= 0.3 is 5.97 Å². The second kappa shape index (κ2) is 8.54. The standard InChI is InChI=1S/C20H24N2O4S/c23-20(24)10-13-21-27(25,26)19-8-6-18(7-9-19)22-14-11-17(12-15-22)16-4-2-1-3-5-16/h1-9,17,21H,10-15H2,(H,23,24). The maximum Gasteiger partial charge on any atom is 0.304 e.